The first-order valence-electron chi connectivity index (χ1n) is 6.69. The van der Waals surface area contributed by atoms with Gasteiger partial charge in [-0.05, 0) is 17.7 Å². The zero-order valence-corrected chi connectivity index (χ0v) is 11.4. The third-order valence-electron chi connectivity index (χ3n) is 3.05. The van der Waals surface area contributed by atoms with Crippen LogP contribution in [0, 0.1) is 0 Å². The van der Waals surface area contributed by atoms with Crippen LogP contribution in [0.25, 0.3) is 0 Å². The molecule has 0 saturated carbocycles. The van der Waals surface area contributed by atoms with Crippen LogP contribution in [0.1, 0.15) is 12.0 Å². The predicted molar refractivity (Wildman–Crippen MR) is 72.1 cm³/mol. The number of hydrogen-bond acceptors (Lipinski definition) is 3. The second-order valence-corrected chi connectivity index (χ2v) is 4.97. The smallest absolute Gasteiger partial charge is 0.378 e. The molecule has 1 heterocycles. The third kappa shape index (κ3) is 5.73. The van der Waals surface area contributed by atoms with Crippen LogP contribution in [-0.4, -0.2) is 37.9 Å². The van der Waals surface area contributed by atoms with Crippen molar-refractivity contribution in [2.24, 2.45) is 0 Å². The molecule has 0 radical (unpaired) electrons. The Labute approximate surface area is 120 Å². The number of morpholine rings is 1. The average Bonchev–Trinajstić information content (AvgIpc) is 2.38. The van der Waals surface area contributed by atoms with Crippen molar-refractivity contribution in [2.45, 2.75) is 25.1 Å². The molecule has 2 N–H and O–H groups in total. The van der Waals surface area contributed by atoms with E-state index in [0.29, 0.717) is 25.4 Å². The fourth-order valence-corrected chi connectivity index (χ4v) is 2.18. The molecule has 1 aliphatic rings. The first kappa shape index (κ1) is 15.8. The maximum Gasteiger partial charge on any atom is 0.393 e. The van der Waals surface area contributed by atoms with E-state index in [1.54, 1.807) is 6.07 Å². The Kier molecular flexibility index (Phi) is 5.19. The normalized spacial score (nSPS) is 19.3. The van der Waals surface area contributed by atoms with Crippen LogP contribution >= 0.6 is 0 Å². The van der Waals surface area contributed by atoms with Gasteiger partial charge >= 0.3 is 6.18 Å². The van der Waals surface area contributed by atoms with E-state index in [0.717, 1.165) is 0 Å². The maximum atomic E-state index is 12.3. The number of halogens is 3. The van der Waals surface area contributed by atoms with E-state index in [4.69, 9.17) is 4.74 Å². The lowest BCUT2D eigenvalue weighted by molar-refractivity contribution is -0.127. The zero-order valence-electron chi connectivity index (χ0n) is 11.4. The van der Waals surface area contributed by atoms with Gasteiger partial charge in [0.2, 0.25) is 5.91 Å². The summed E-state index contributed by atoms with van der Waals surface area (Å²) in [6.45, 7) is 1.78. The van der Waals surface area contributed by atoms with Crippen molar-refractivity contribution in [1.82, 2.24) is 5.32 Å². The van der Waals surface area contributed by atoms with E-state index in [1.807, 2.05) is 0 Å². The number of carbonyl (C=O) groups is 1. The van der Waals surface area contributed by atoms with Crippen molar-refractivity contribution < 1.29 is 22.7 Å². The summed E-state index contributed by atoms with van der Waals surface area (Å²) < 4.78 is 42.2. The van der Waals surface area contributed by atoms with E-state index in [1.165, 1.54) is 18.2 Å². The summed E-state index contributed by atoms with van der Waals surface area (Å²) in [6.07, 6.45) is -5.04. The molecule has 1 amide bonds. The molecule has 1 aliphatic heterocycles. The number of amides is 1. The number of rotatable bonds is 4. The van der Waals surface area contributed by atoms with Crippen LogP contribution in [0.2, 0.25) is 0 Å². The molecule has 2 rings (SSSR count). The number of hydrogen-bond donors (Lipinski definition) is 2. The molecule has 21 heavy (non-hydrogen) atoms. The van der Waals surface area contributed by atoms with Gasteiger partial charge in [-0.3, -0.25) is 4.79 Å². The first-order chi connectivity index (χ1) is 9.92. The number of nitrogens with one attached hydrogen (secondary N) is 2. The largest absolute Gasteiger partial charge is 0.393 e. The Morgan fingerprint density at radius 2 is 2.24 bits per heavy atom. The third-order valence-corrected chi connectivity index (χ3v) is 3.05. The Bertz CT molecular complexity index is 485. The zero-order chi connectivity index (χ0) is 15.3. The number of alkyl halides is 3. The van der Waals surface area contributed by atoms with E-state index >= 15 is 0 Å². The van der Waals surface area contributed by atoms with Crippen LogP contribution in [0.4, 0.5) is 18.9 Å². The van der Waals surface area contributed by atoms with Crippen LogP contribution in [0.15, 0.2) is 24.3 Å². The van der Waals surface area contributed by atoms with E-state index in [2.05, 4.69) is 10.6 Å². The van der Waals surface area contributed by atoms with Crippen LogP contribution < -0.4 is 10.6 Å². The summed E-state index contributed by atoms with van der Waals surface area (Å²) >= 11 is 0. The van der Waals surface area contributed by atoms with E-state index in [-0.39, 0.29) is 23.9 Å². The molecule has 1 aromatic carbocycles. The van der Waals surface area contributed by atoms with Crippen molar-refractivity contribution in [3.63, 3.8) is 0 Å². The SMILES string of the molecule is O=C(CC1COCCN1)Nc1cccc(CC(F)(F)F)c1. The minimum absolute atomic E-state index is 0.0582. The summed E-state index contributed by atoms with van der Waals surface area (Å²) in [7, 11) is 0. The highest BCUT2D eigenvalue weighted by Crippen LogP contribution is 2.23. The van der Waals surface area contributed by atoms with Gasteiger partial charge in [0, 0.05) is 24.7 Å². The second-order valence-electron chi connectivity index (χ2n) is 4.97. The van der Waals surface area contributed by atoms with Gasteiger partial charge in [-0.15, -0.1) is 0 Å². The average molecular weight is 302 g/mol. The quantitative estimate of drug-likeness (QED) is 0.895. The van der Waals surface area contributed by atoms with Crippen molar-refractivity contribution in [2.75, 3.05) is 25.1 Å². The highest BCUT2D eigenvalue weighted by molar-refractivity contribution is 5.91. The Morgan fingerprint density at radius 3 is 2.90 bits per heavy atom. The Hall–Kier alpha value is -1.60. The minimum atomic E-state index is -4.26. The lowest BCUT2D eigenvalue weighted by Gasteiger charge is -2.23. The van der Waals surface area contributed by atoms with E-state index < -0.39 is 12.6 Å². The molecule has 0 spiro atoms. The van der Waals surface area contributed by atoms with Gasteiger partial charge in [-0.1, -0.05) is 12.1 Å². The minimum Gasteiger partial charge on any atom is -0.378 e. The summed E-state index contributed by atoms with van der Waals surface area (Å²) in [6, 6.07) is 5.74. The molecule has 1 aromatic rings. The highest BCUT2D eigenvalue weighted by atomic mass is 19.4. The monoisotopic (exact) mass is 302 g/mol. The summed E-state index contributed by atoms with van der Waals surface area (Å²) in [5, 5.41) is 5.76. The molecule has 1 atom stereocenters. The van der Waals surface area contributed by atoms with Gasteiger partial charge in [0.15, 0.2) is 0 Å². The molecular weight excluding hydrogens is 285 g/mol. The fraction of sp³-hybridized carbons (Fsp3) is 0.500. The van der Waals surface area contributed by atoms with Gasteiger partial charge < -0.3 is 15.4 Å². The molecule has 1 saturated heterocycles. The van der Waals surface area contributed by atoms with Crippen LogP contribution in [-0.2, 0) is 16.0 Å². The van der Waals surface area contributed by atoms with Gasteiger partial charge in [-0.25, -0.2) is 0 Å². The van der Waals surface area contributed by atoms with E-state index in [9.17, 15) is 18.0 Å². The van der Waals surface area contributed by atoms with Crippen LogP contribution in [0.3, 0.4) is 0 Å². The first-order valence-corrected chi connectivity index (χ1v) is 6.69. The number of benzene rings is 1. The molecule has 7 heteroatoms. The van der Waals surface area contributed by atoms with Crippen LogP contribution in [0.5, 0.6) is 0 Å². The number of carbonyl (C=O) groups excluding carboxylic acids is 1. The summed E-state index contributed by atoms with van der Waals surface area (Å²) in [4.78, 5) is 11.8. The lowest BCUT2D eigenvalue weighted by atomic mass is 10.1. The van der Waals surface area contributed by atoms with Gasteiger partial charge in [0.1, 0.15) is 0 Å². The molecule has 116 valence electrons. The topological polar surface area (TPSA) is 50.4 Å². The molecule has 0 bridgehead atoms. The van der Waals surface area contributed by atoms with Crippen molar-refractivity contribution in [3.8, 4) is 0 Å². The molecule has 0 aliphatic carbocycles. The highest BCUT2D eigenvalue weighted by Gasteiger charge is 2.27. The van der Waals surface area contributed by atoms with Crippen molar-refractivity contribution in [3.05, 3.63) is 29.8 Å². The van der Waals surface area contributed by atoms with Crippen molar-refractivity contribution in [1.29, 1.82) is 0 Å². The molecule has 4 nitrogen and oxygen atoms in total. The summed E-state index contributed by atoms with van der Waals surface area (Å²) in [5.74, 6) is -0.248. The predicted octanol–water partition coefficient (Wildman–Crippen LogP) is 2.11. The fourth-order valence-electron chi connectivity index (χ4n) is 2.18. The standard InChI is InChI=1S/C14H17F3N2O2/c15-14(16,17)8-10-2-1-3-11(6-10)19-13(20)7-12-9-21-5-4-18-12/h1-3,6,12,18H,4-5,7-9H2,(H,19,20). The molecule has 1 fully saturated rings. The molecule has 1 unspecified atom stereocenters. The lowest BCUT2D eigenvalue weighted by Crippen LogP contribution is -2.43. The number of anilines is 1. The maximum absolute atomic E-state index is 12.3. The number of ether oxygens (including phenoxy) is 1. The van der Waals surface area contributed by atoms with Gasteiger partial charge in [0.25, 0.3) is 0 Å². The van der Waals surface area contributed by atoms with Gasteiger partial charge in [0.05, 0.1) is 19.6 Å². The van der Waals surface area contributed by atoms with Crippen molar-refractivity contribution >= 4 is 11.6 Å². The molecule has 0 aromatic heterocycles. The second kappa shape index (κ2) is 6.91. The summed E-state index contributed by atoms with van der Waals surface area (Å²) in [5.41, 5.74) is 0.498. The molecular formula is C14H17F3N2O2. The Balaban J connectivity index is 1.89. The Morgan fingerprint density at radius 1 is 1.43 bits per heavy atom. The van der Waals surface area contributed by atoms with Gasteiger partial charge in [-0.2, -0.15) is 13.2 Å².